The molecule has 0 radical (unpaired) electrons. The normalized spacial score (nSPS) is 19.1. The van der Waals surface area contributed by atoms with Crippen molar-refractivity contribution >= 4 is 37.0 Å². The van der Waals surface area contributed by atoms with Crippen LogP contribution in [0.15, 0.2) is 15.7 Å². The first-order chi connectivity index (χ1) is 9.43. The lowest BCUT2D eigenvalue weighted by Gasteiger charge is -2.22. The molecule has 1 aromatic rings. The van der Waals surface area contributed by atoms with Crippen molar-refractivity contribution in [1.29, 1.82) is 0 Å². The molecule has 110 valence electrons. The van der Waals surface area contributed by atoms with Gasteiger partial charge in [0.2, 0.25) is 0 Å². The number of rotatable bonds is 6. The Kier molecular flexibility index (Phi) is 3.81. The number of thiophene rings is 1. The maximum absolute atomic E-state index is 12.5. The van der Waals surface area contributed by atoms with Gasteiger partial charge in [0.15, 0.2) is 0 Å². The molecule has 7 heteroatoms. The van der Waals surface area contributed by atoms with E-state index in [4.69, 9.17) is 10.7 Å². The lowest BCUT2D eigenvalue weighted by molar-refractivity contribution is 0.0740. The van der Waals surface area contributed by atoms with Gasteiger partial charge >= 0.3 is 0 Å². The Morgan fingerprint density at radius 3 is 2.20 bits per heavy atom. The van der Waals surface area contributed by atoms with Gasteiger partial charge in [0.25, 0.3) is 15.0 Å². The summed E-state index contributed by atoms with van der Waals surface area (Å²) in [5.74, 6) is 1.20. The largest absolute Gasteiger partial charge is 0.338 e. The molecule has 2 fully saturated rings. The zero-order valence-corrected chi connectivity index (χ0v) is 13.3. The summed E-state index contributed by atoms with van der Waals surface area (Å²) < 4.78 is 22.6. The first-order valence-corrected chi connectivity index (χ1v) is 9.95. The number of nitrogens with zero attached hydrogens (tertiary/aromatic N) is 1. The molecule has 0 N–H and O–H groups in total. The fourth-order valence-electron chi connectivity index (χ4n) is 2.20. The van der Waals surface area contributed by atoms with Gasteiger partial charge in [-0.05, 0) is 43.6 Å². The molecule has 4 nitrogen and oxygen atoms in total. The van der Waals surface area contributed by atoms with E-state index in [-0.39, 0.29) is 10.1 Å². The maximum Gasteiger partial charge on any atom is 0.270 e. The molecule has 2 aliphatic carbocycles. The summed E-state index contributed by atoms with van der Waals surface area (Å²) in [6, 6.07) is 1.39. The van der Waals surface area contributed by atoms with Crippen LogP contribution < -0.4 is 0 Å². The number of halogens is 1. The molecule has 0 aromatic carbocycles. The van der Waals surface area contributed by atoms with E-state index in [0.29, 0.717) is 17.4 Å². The van der Waals surface area contributed by atoms with Gasteiger partial charge < -0.3 is 4.90 Å². The third-order valence-corrected chi connectivity index (χ3v) is 6.74. The van der Waals surface area contributed by atoms with E-state index in [1.165, 1.54) is 31.7 Å². The number of carbonyl (C=O) groups excluding carboxylic acids is 1. The Balaban J connectivity index is 1.75. The highest BCUT2D eigenvalue weighted by Crippen LogP contribution is 2.34. The average Bonchev–Trinajstić information content (AvgIpc) is 3.28. The standard InChI is InChI=1S/C13H16ClNO3S2/c14-20(17,18)12-5-11(8-19-12)13(16)15(6-9-1-2-9)7-10-3-4-10/h5,8-10H,1-4,6-7H2. The minimum Gasteiger partial charge on any atom is -0.338 e. The number of amides is 1. The maximum atomic E-state index is 12.5. The van der Waals surface area contributed by atoms with Crippen LogP contribution in [0, 0.1) is 11.8 Å². The molecule has 1 amide bonds. The van der Waals surface area contributed by atoms with Crippen LogP contribution in [0.25, 0.3) is 0 Å². The fraction of sp³-hybridized carbons (Fsp3) is 0.615. The van der Waals surface area contributed by atoms with Gasteiger partial charge in [0, 0.05) is 29.2 Å². The van der Waals surface area contributed by atoms with Crippen LogP contribution in [0.5, 0.6) is 0 Å². The molecule has 1 heterocycles. The molecular formula is C13H16ClNO3S2. The van der Waals surface area contributed by atoms with E-state index in [0.717, 1.165) is 24.4 Å². The van der Waals surface area contributed by atoms with Gasteiger partial charge in [0.1, 0.15) is 4.21 Å². The molecule has 0 bridgehead atoms. The summed E-state index contributed by atoms with van der Waals surface area (Å²) in [6.45, 7) is 1.60. The van der Waals surface area contributed by atoms with Crippen molar-refractivity contribution in [1.82, 2.24) is 4.90 Å². The second kappa shape index (κ2) is 5.31. The molecule has 0 atom stereocenters. The number of hydrogen-bond donors (Lipinski definition) is 0. The van der Waals surface area contributed by atoms with Crippen LogP contribution >= 0.6 is 22.0 Å². The highest BCUT2D eigenvalue weighted by atomic mass is 35.7. The molecular weight excluding hydrogens is 318 g/mol. The second-order valence-corrected chi connectivity index (χ2v) is 9.39. The molecule has 0 spiro atoms. The predicted molar refractivity (Wildman–Crippen MR) is 78.7 cm³/mol. The molecule has 0 saturated heterocycles. The lowest BCUT2D eigenvalue weighted by atomic mass is 10.2. The van der Waals surface area contributed by atoms with Crippen molar-refractivity contribution in [3.8, 4) is 0 Å². The molecule has 2 aliphatic rings. The molecule has 0 aliphatic heterocycles. The molecule has 20 heavy (non-hydrogen) atoms. The van der Waals surface area contributed by atoms with Crippen LogP contribution in [-0.4, -0.2) is 32.3 Å². The van der Waals surface area contributed by atoms with Crippen molar-refractivity contribution in [2.45, 2.75) is 29.9 Å². The van der Waals surface area contributed by atoms with Gasteiger partial charge in [-0.2, -0.15) is 0 Å². The summed E-state index contributed by atoms with van der Waals surface area (Å²) in [5, 5.41) is 1.59. The minimum atomic E-state index is -3.74. The van der Waals surface area contributed by atoms with Crippen LogP contribution in [-0.2, 0) is 9.05 Å². The van der Waals surface area contributed by atoms with Gasteiger partial charge in [-0.1, -0.05) is 0 Å². The van der Waals surface area contributed by atoms with Crippen molar-refractivity contribution in [3.63, 3.8) is 0 Å². The molecule has 2 saturated carbocycles. The average molecular weight is 334 g/mol. The molecule has 3 rings (SSSR count). The highest BCUT2D eigenvalue weighted by molar-refractivity contribution is 8.15. The Bertz CT molecular complexity index is 603. The quantitative estimate of drug-likeness (QED) is 0.752. The number of carbonyl (C=O) groups is 1. The van der Waals surface area contributed by atoms with Crippen molar-refractivity contribution in [2.75, 3.05) is 13.1 Å². The number of hydrogen-bond acceptors (Lipinski definition) is 4. The summed E-state index contributed by atoms with van der Waals surface area (Å²) in [4.78, 5) is 14.4. The van der Waals surface area contributed by atoms with Crippen molar-refractivity contribution in [2.24, 2.45) is 11.8 Å². The Morgan fingerprint density at radius 1 is 1.25 bits per heavy atom. The van der Waals surface area contributed by atoms with E-state index in [9.17, 15) is 13.2 Å². The van der Waals surface area contributed by atoms with Gasteiger partial charge in [-0.25, -0.2) is 8.42 Å². The minimum absolute atomic E-state index is 0.0420. The van der Waals surface area contributed by atoms with E-state index in [1.54, 1.807) is 5.38 Å². The molecule has 1 aromatic heterocycles. The fourth-order valence-corrected chi connectivity index (χ4v) is 4.14. The SMILES string of the molecule is O=C(c1csc(S(=O)(=O)Cl)c1)N(CC1CC1)CC1CC1. The Morgan fingerprint density at radius 2 is 1.80 bits per heavy atom. The monoisotopic (exact) mass is 333 g/mol. The molecule has 0 unspecified atom stereocenters. The third-order valence-electron chi connectivity index (χ3n) is 3.70. The van der Waals surface area contributed by atoms with Gasteiger partial charge in [-0.15, -0.1) is 11.3 Å². The Hall–Kier alpha value is -0.590. The predicted octanol–water partition coefficient (Wildman–Crippen LogP) is 2.94. The topological polar surface area (TPSA) is 54.5 Å². The van der Waals surface area contributed by atoms with Crippen molar-refractivity contribution in [3.05, 3.63) is 17.0 Å². The van der Waals surface area contributed by atoms with E-state index in [1.807, 2.05) is 4.90 Å². The van der Waals surface area contributed by atoms with Crippen LogP contribution in [0.3, 0.4) is 0 Å². The van der Waals surface area contributed by atoms with E-state index >= 15 is 0 Å². The van der Waals surface area contributed by atoms with Crippen molar-refractivity contribution < 1.29 is 13.2 Å². The van der Waals surface area contributed by atoms with E-state index in [2.05, 4.69) is 0 Å². The lowest BCUT2D eigenvalue weighted by Crippen LogP contribution is -2.34. The summed E-state index contributed by atoms with van der Waals surface area (Å²) in [6.07, 6.45) is 4.78. The summed E-state index contributed by atoms with van der Waals surface area (Å²) in [7, 11) is 1.56. The zero-order valence-electron chi connectivity index (χ0n) is 10.9. The Labute approximate surface area is 127 Å². The van der Waals surface area contributed by atoms with E-state index < -0.39 is 9.05 Å². The first kappa shape index (κ1) is 14.4. The second-order valence-electron chi connectivity index (χ2n) is 5.69. The van der Waals surface area contributed by atoms with Crippen LogP contribution in [0.2, 0.25) is 0 Å². The van der Waals surface area contributed by atoms with Gasteiger partial charge in [0.05, 0.1) is 5.56 Å². The van der Waals surface area contributed by atoms with Crippen LogP contribution in [0.4, 0.5) is 0 Å². The smallest absolute Gasteiger partial charge is 0.270 e. The summed E-state index contributed by atoms with van der Waals surface area (Å²) >= 11 is 1.00. The van der Waals surface area contributed by atoms with Gasteiger partial charge in [-0.3, -0.25) is 4.79 Å². The first-order valence-electron chi connectivity index (χ1n) is 6.76. The highest BCUT2D eigenvalue weighted by Gasteiger charge is 2.32. The van der Waals surface area contributed by atoms with Crippen LogP contribution in [0.1, 0.15) is 36.0 Å². The third kappa shape index (κ3) is 3.54. The summed E-state index contributed by atoms with van der Waals surface area (Å²) in [5.41, 5.74) is 0.440. The zero-order chi connectivity index (χ0) is 14.3.